The first-order valence-electron chi connectivity index (χ1n) is 21.4. The lowest BCUT2D eigenvalue weighted by Gasteiger charge is -2.12. The highest BCUT2D eigenvalue weighted by Crippen LogP contribution is 2.43. The Kier molecular flexibility index (Phi) is 7.84. The molecule has 294 valence electrons. The highest BCUT2D eigenvalue weighted by molar-refractivity contribution is 6.17. The number of para-hydroxylation sites is 5. The van der Waals surface area contributed by atoms with Crippen molar-refractivity contribution >= 4 is 65.5 Å². The van der Waals surface area contributed by atoms with Crippen molar-refractivity contribution in [1.82, 2.24) is 23.7 Å². The Morgan fingerprint density at radius 3 is 1.25 bits per heavy atom. The molecule has 0 radical (unpaired) electrons. The maximum atomic E-state index is 5.67. The van der Waals surface area contributed by atoms with E-state index in [1.165, 1.54) is 21.7 Å². The molecule has 0 saturated carbocycles. The van der Waals surface area contributed by atoms with Crippen LogP contribution in [-0.2, 0) is 0 Å². The van der Waals surface area contributed by atoms with Gasteiger partial charge in [-0.2, -0.15) is 0 Å². The zero-order chi connectivity index (χ0) is 41.4. The van der Waals surface area contributed by atoms with Crippen molar-refractivity contribution in [3.05, 3.63) is 224 Å². The molecule has 0 N–H and O–H groups in total. The van der Waals surface area contributed by atoms with Gasteiger partial charge in [-0.3, -0.25) is 4.57 Å². The minimum absolute atomic E-state index is 0.672. The van der Waals surface area contributed by atoms with Crippen molar-refractivity contribution < 1.29 is 0 Å². The molecule has 9 aromatic carbocycles. The summed E-state index contributed by atoms with van der Waals surface area (Å²) in [7, 11) is 0. The number of rotatable bonds is 6. The fourth-order valence-electron chi connectivity index (χ4n) is 9.83. The fraction of sp³-hybridized carbons (Fsp3) is 0. The van der Waals surface area contributed by atoms with Gasteiger partial charge < -0.3 is 9.13 Å². The molecule has 0 spiro atoms. The van der Waals surface area contributed by atoms with Gasteiger partial charge in [0.05, 0.1) is 38.7 Å². The Hall–Kier alpha value is -8.54. The van der Waals surface area contributed by atoms with Gasteiger partial charge in [-0.05, 0) is 102 Å². The zero-order valence-corrected chi connectivity index (χ0v) is 34.1. The number of nitrogens with zero attached hydrogens (tertiary/aromatic N) is 5. The van der Waals surface area contributed by atoms with Gasteiger partial charge in [0.25, 0.3) is 0 Å². The molecule has 0 aliphatic heterocycles. The first-order chi connectivity index (χ1) is 31.3. The minimum Gasteiger partial charge on any atom is -0.309 e. The van der Waals surface area contributed by atoms with E-state index >= 15 is 0 Å². The third-order valence-corrected chi connectivity index (χ3v) is 12.6. The predicted octanol–water partition coefficient (Wildman–Crippen LogP) is 14.8. The summed E-state index contributed by atoms with van der Waals surface area (Å²) < 4.78 is 7.03. The second-order valence-corrected chi connectivity index (χ2v) is 16.2. The summed E-state index contributed by atoms with van der Waals surface area (Å²) in [6.45, 7) is 0. The Labute approximate surface area is 363 Å². The summed E-state index contributed by atoms with van der Waals surface area (Å²) in [4.78, 5) is 11.3. The maximum Gasteiger partial charge on any atom is 0.162 e. The largest absolute Gasteiger partial charge is 0.309 e. The molecule has 0 atom stereocenters. The standard InChI is InChI=1S/C58H37N5/c1-5-17-38(18-6-1)39-29-32-54-49(35-39)55-56(40-30-33-52-47(36-40)45-25-13-15-27-50(45)61(52)42-19-7-2-8-20-42)59-57(60-58(55)63(54)44-23-11-4-12-24-44)41-31-34-53-48(37-41)46-26-14-16-28-51(46)62(53)43-21-9-3-10-22-43/h1-37H. The van der Waals surface area contributed by atoms with Crippen molar-refractivity contribution in [3.63, 3.8) is 0 Å². The van der Waals surface area contributed by atoms with Crippen molar-refractivity contribution in [1.29, 1.82) is 0 Å². The summed E-state index contributed by atoms with van der Waals surface area (Å²) in [6.07, 6.45) is 0. The molecule has 0 aliphatic rings. The Balaban J connectivity index is 1.13. The molecule has 0 unspecified atom stereocenters. The van der Waals surface area contributed by atoms with Crippen LogP contribution in [0, 0.1) is 0 Å². The monoisotopic (exact) mass is 803 g/mol. The normalized spacial score (nSPS) is 11.8. The SMILES string of the molecule is c1ccc(-c2ccc3c(c2)c2c(-c4ccc5c(c4)c4ccccc4n5-c4ccccc4)nc(-c4ccc5c(c4)c4ccccc4n5-c4ccccc4)nc2n3-c2ccccc2)cc1. The molecule has 13 rings (SSSR count). The molecule has 4 aromatic heterocycles. The third-order valence-electron chi connectivity index (χ3n) is 12.6. The first-order valence-corrected chi connectivity index (χ1v) is 21.4. The highest BCUT2D eigenvalue weighted by Gasteiger charge is 2.24. The van der Waals surface area contributed by atoms with Gasteiger partial charge in [-0.25, -0.2) is 9.97 Å². The van der Waals surface area contributed by atoms with E-state index in [1.807, 2.05) is 0 Å². The topological polar surface area (TPSA) is 40.6 Å². The maximum absolute atomic E-state index is 5.67. The average molecular weight is 804 g/mol. The van der Waals surface area contributed by atoms with Crippen LogP contribution in [0.2, 0.25) is 0 Å². The summed E-state index contributed by atoms with van der Waals surface area (Å²) >= 11 is 0. The van der Waals surface area contributed by atoms with E-state index in [0.29, 0.717) is 5.82 Å². The van der Waals surface area contributed by atoms with Crippen LogP contribution >= 0.6 is 0 Å². The molecular weight excluding hydrogens is 767 g/mol. The van der Waals surface area contributed by atoms with Crippen LogP contribution in [0.5, 0.6) is 0 Å². The van der Waals surface area contributed by atoms with Crippen LogP contribution in [0.25, 0.3) is 116 Å². The van der Waals surface area contributed by atoms with Gasteiger partial charge in [-0.15, -0.1) is 0 Å². The number of hydrogen-bond acceptors (Lipinski definition) is 2. The van der Waals surface area contributed by atoms with Crippen LogP contribution in [0.1, 0.15) is 0 Å². The van der Waals surface area contributed by atoms with E-state index in [-0.39, 0.29) is 0 Å². The van der Waals surface area contributed by atoms with Crippen molar-refractivity contribution in [2.75, 3.05) is 0 Å². The zero-order valence-electron chi connectivity index (χ0n) is 34.1. The van der Waals surface area contributed by atoms with E-state index in [0.717, 1.165) is 88.9 Å². The number of fused-ring (bicyclic) bond motifs is 9. The smallest absolute Gasteiger partial charge is 0.162 e. The molecule has 13 aromatic rings. The first kappa shape index (κ1) is 35.2. The highest BCUT2D eigenvalue weighted by atomic mass is 15.1. The Morgan fingerprint density at radius 2 is 0.683 bits per heavy atom. The van der Waals surface area contributed by atoms with Crippen molar-refractivity contribution in [2.24, 2.45) is 0 Å². The van der Waals surface area contributed by atoms with Gasteiger partial charge in [0.1, 0.15) is 5.65 Å². The third kappa shape index (κ3) is 5.50. The fourth-order valence-corrected chi connectivity index (χ4v) is 9.83. The summed E-state index contributed by atoms with van der Waals surface area (Å²) in [5.74, 6) is 0.672. The molecule has 0 bridgehead atoms. The van der Waals surface area contributed by atoms with Crippen LogP contribution in [0.15, 0.2) is 224 Å². The van der Waals surface area contributed by atoms with E-state index in [2.05, 4.69) is 238 Å². The lowest BCUT2D eigenvalue weighted by molar-refractivity contribution is 1.11. The van der Waals surface area contributed by atoms with E-state index < -0.39 is 0 Å². The van der Waals surface area contributed by atoms with Crippen LogP contribution < -0.4 is 0 Å². The minimum atomic E-state index is 0.672. The van der Waals surface area contributed by atoms with Gasteiger partial charge in [0.2, 0.25) is 0 Å². The van der Waals surface area contributed by atoms with Gasteiger partial charge in [0, 0.05) is 55.1 Å². The second-order valence-electron chi connectivity index (χ2n) is 16.2. The number of hydrogen-bond donors (Lipinski definition) is 0. The quantitative estimate of drug-likeness (QED) is 0.168. The molecule has 5 nitrogen and oxygen atoms in total. The number of benzene rings is 9. The Bertz CT molecular complexity index is 3880. The van der Waals surface area contributed by atoms with Crippen LogP contribution in [-0.4, -0.2) is 23.7 Å². The molecule has 5 heteroatoms. The van der Waals surface area contributed by atoms with Gasteiger partial charge in [0.15, 0.2) is 5.82 Å². The van der Waals surface area contributed by atoms with Crippen LogP contribution in [0.4, 0.5) is 0 Å². The van der Waals surface area contributed by atoms with E-state index in [1.54, 1.807) is 0 Å². The van der Waals surface area contributed by atoms with Gasteiger partial charge in [-0.1, -0.05) is 133 Å². The number of aromatic nitrogens is 5. The average Bonchev–Trinajstić information content (AvgIpc) is 3.99. The molecule has 0 aliphatic carbocycles. The lowest BCUT2D eigenvalue weighted by atomic mass is 10.00. The summed E-state index contributed by atoms with van der Waals surface area (Å²) in [6, 6.07) is 80.2. The summed E-state index contributed by atoms with van der Waals surface area (Å²) in [5.41, 5.74) is 15.0. The molecule has 4 heterocycles. The van der Waals surface area contributed by atoms with E-state index in [4.69, 9.17) is 9.97 Å². The predicted molar refractivity (Wildman–Crippen MR) is 261 cm³/mol. The van der Waals surface area contributed by atoms with Gasteiger partial charge >= 0.3 is 0 Å². The second kappa shape index (κ2) is 14.0. The molecular formula is C58H37N5. The Morgan fingerprint density at radius 1 is 0.270 bits per heavy atom. The van der Waals surface area contributed by atoms with Crippen molar-refractivity contribution in [2.45, 2.75) is 0 Å². The molecule has 0 fully saturated rings. The molecule has 63 heavy (non-hydrogen) atoms. The van der Waals surface area contributed by atoms with E-state index in [9.17, 15) is 0 Å². The lowest BCUT2D eigenvalue weighted by Crippen LogP contribution is -1.99. The van der Waals surface area contributed by atoms with Crippen molar-refractivity contribution in [3.8, 4) is 50.8 Å². The summed E-state index contributed by atoms with van der Waals surface area (Å²) in [5, 5.41) is 6.83. The van der Waals surface area contributed by atoms with Crippen LogP contribution in [0.3, 0.4) is 0 Å². The molecule has 0 saturated heterocycles. The molecule has 0 amide bonds.